The van der Waals surface area contributed by atoms with Crippen molar-refractivity contribution in [3.63, 3.8) is 0 Å². The molecule has 1 fully saturated rings. The van der Waals surface area contributed by atoms with Crippen molar-refractivity contribution in [2.24, 2.45) is 0 Å². The van der Waals surface area contributed by atoms with E-state index in [-0.39, 0.29) is 0 Å². The monoisotopic (exact) mass is 343 g/mol. The Bertz CT molecular complexity index is 244. The van der Waals surface area contributed by atoms with Crippen LogP contribution in [0.2, 0.25) is 0 Å². The largest absolute Gasteiger partial charge is 0.481 e. The highest BCUT2D eigenvalue weighted by Gasteiger charge is 1.97. The van der Waals surface area contributed by atoms with Gasteiger partial charge in [0.2, 0.25) is 0 Å². The van der Waals surface area contributed by atoms with Gasteiger partial charge in [-0.25, -0.2) is 0 Å². The molecule has 1 aliphatic rings. The third kappa shape index (κ3) is 21.4. The average molecular weight is 344 g/mol. The van der Waals surface area contributed by atoms with Crippen LogP contribution in [0, 0.1) is 0 Å². The summed E-state index contributed by atoms with van der Waals surface area (Å²) in [6, 6.07) is 0. The molecule has 0 amide bonds. The molecular weight excluding hydrogens is 302 g/mol. The summed E-state index contributed by atoms with van der Waals surface area (Å²) in [4.78, 5) is 10.3. The Balaban J connectivity index is 0.000000728. The molecule has 144 valence electrons. The van der Waals surface area contributed by atoms with Crippen molar-refractivity contribution in [1.29, 1.82) is 0 Å². The number of aliphatic carboxylic acids is 1. The van der Waals surface area contributed by atoms with E-state index in [0.29, 0.717) is 6.42 Å². The molecule has 1 saturated heterocycles. The summed E-state index contributed by atoms with van der Waals surface area (Å²) >= 11 is 0. The van der Waals surface area contributed by atoms with Crippen LogP contribution in [0.4, 0.5) is 0 Å². The van der Waals surface area contributed by atoms with Gasteiger partial charge in [-0.2, -0.15) is 0 Å². The van der Waals surface area contributed by atoms with Gasteiger partial charge in [-0.1, -0.05) is 84.0 Å². The summed E-state index contributed by atoms with van der Waals surface area (Å²) in [5.74, 6) is -0.655. The normalized spacial score (nSPS) is 14.0. The van der Waals surface area contributed by atoms with Crippen molar-refractivity contribution in [3.8, 4) is 0 Å². The molecule has 0 aromatic heterocycles. The first-order valence-electron chi connectivity index (χ1n) is 10.3. The molecule has 0 bridgehead atoms. The molecule has 4 heteroatoms. The van der Waals surface area contributed by atoms with Gasteiger partial charge in [0.05, 0.1) is 13.2 Å². The fraction of sp³-hybridized carbons (Fsp3) is 0.950. The van der Waals surface area contributed by atoms with E-state index >= 15 is 0 Å². The van der Waals surface area contributed by atoms with Crippen LogP contribution in [0.1, 0.15) is 96.8 Å². The molecular formula is C20H41NO3. The Morgan fingerprint density at radius 1 is 0.792 bits per heavy atom. The van der Waals surface area contributed by atoms with Gasteiger partial charge in [-0.15, -0.1) is 0 Å². The van der Waals surface area contributed by atoms with Gasteiger partial charge < -0.3 is 15.2 Å². The minimum atomic E-state index is -0.655. The number of unbranched alkanes of at least 4 members (excludes halogenated alkanes) is 12. The summed E-state index contributed by atoms with van der Waals surface area (Å²) in [7, 11) is 0. The van der Waals surface area contributed by atoms with Crippen molar-refractivity contribution < 1.29 is 14.6 Å². The molecule has 1 heterocycles. The van der Waals surface area contributed by atoms with Gasteiger partial charge in [0.15, 0.2) is 0 Å². The second-order valence-electron chi connectivity index (χ2n) is 6.75. The number of rotatable bonds is 14. The SMILES string of the molecule is C1COCCN1.CCCCCCCCCCCCCCCC(=O)O. The molecule has 0 spiro atoms. The smallest absolute Gasteiger partial charge is 0.303 e. The highest BCUT2D eigenvalue weighted by Crippen LogP contribution is 2.12. The third-order valence-electron chi connectivity index (χ3n) is 4.34. The van der Waals surface area contributed by atoms with Crippen LogP contribution in [0.3, 0.4) is 0 Å². The quantitative estimate of drug-likeness (QED) is 0.428. The van der Waals surface area contributed by atoms with E-state index in [1.54, 1.807) is 0 Å². The molecule has 1 rings (SSSR count). The third-order valence-corrected chi connectivity index (χ3v) is 4.34. The molecule has 0 aromatic carbocycles. The molecule has 0 unspecified atom stereocenters. The number of nitrogens with one attached hydrogen (secondary N) is 1. The van der Waals surface area contributed by atoms with Gasteiger partial charge in [0.1, 0.15) is 0 Å². The fourth-order valence-electron chi connectivity index (χ4n) is 2.81. The fourth-order valence-corrected chi connectivity index (χ4v) is 2.81. The average Bonchev–Trinajstić information content (AvgIpc) is 2.61. The molecule has 4 nitrogen and oxygen atoms in total. The minimum Gasteiger partial charge on any atom is -0.481 e. The molecule has 2 N–H and O–H groups in total. The van der Waals surface area contributed by atoms with E-state index in [1.807, 2.05) is 0 Å². The Morgan fingerprint density at radius 2 is 1.21 bits per heavy atom. The lowest BCUT2D eigenvalue weighted by molar-refractivity contribution is -0.137. The Labute approximate surface area is 149 Å². The van der Waals surface area contributed by atoms with Crippen molar-refractivity contribution in [1.82, 2.24) is 5.32 Å². The second kappa shape index (κ2) is 20.4. The second-order valence-corrected chi connectivity index (χ2v) is 6.75. The Hall–Kier alpha value is -0.610. The lowest BCUT2D eigenvalue weighted by atomic mass is 10.0. The highest BCUT2D eigenvalue weighted by atomic mass is 16.5. The highest BCUT2D eigenvalue weighted by molar-refractivity contribution is 5.66. The van der Waals surface area contributed by atoms with Crippen LogP contribution in [0.5, 0.6) is 0 Å². The van der Waals surface area contributed by atoms with Gasteiger partial charge in [0, 0.05) is 19.5 Å². The zero-order valence-corrected chi connectivity index (χ0v) is 16.0. The molecule has 0 radical (unpaired) electrons. The van der Waals surface area contributed by atoms with Gasteiger partial charge in [-0.3, -0.25) is 4.79 Å². The van der Waals surface area contributed by atoms with E-state index < -0.39 is 5.97 Å². The van der Waals surface area contributed by atoms with Crippen LogP contribution >= 0.6 is 0 Å². The standard InChI is InChI=1S/C16H32O2.C4H9NO/c1-2-3-4-5-6-7-8-9-10-11-12-13-14-15-16(17)18;1-3-6-4-2-5-1/h2-15H2,1H3,(H,17,18);5H,1-4H2. The first-order chi connectivity index (χ1) is 11.8. The van der Waals surface area contributed by atoms with Crippen LogP contribution in [-0.2, 0) is 9.53 Å². The summed E-state index contributed by atoms with van der Waals surface area (Å²) in [6.45, 7) is 6.09. The van der Waals surface area contributed by atoms with E-state index in [2.05, 4.69) is 12.2 Å². The topological polar surface area (TPSA) is 58.6 Å². The maximum atomic E-state index is 10.3. The predicted molar refractivity (Wildman–Crippen MR) is 102 cm³/mol. The number of carbonyl (C=O) groups is 1. The molecule has 0 saturated carbocycles. The lowest BCUT2D eigenvalue weighted by Gasteiger charge is -2.10. The maximum absolute atomic E-state index is 10.3. The van der Waals surface area contributed by atoms with Gasteiger partial charge in [-0.05, 0) is 6.42 Å². The summed E-state index contributed by atoms with van der Waals surface area (Å²) < 4.78 is 5.01. The zero-order valence-electron chi connectivity index (χ0n) is 16.0. The minimum absolute atomic E-state index is 0.345. The Morgan fingerprint density at radius 3 is 1.50 bits per heavy atom. The summed E-state index contributed by atoms with van der Waals surface area (Å²) in [6.07, 6.45) is 17.3. The predicted octanol–water partition coefficient (Wildman–Crippen LogP) is 5.16. The zero-order chi connectivity index (χ0) is 17.7. The number of morpholine rings is 1. The molecule has 24 heavy (non-hydrogen) atoms. The van der Waals surface area contributed by atoms with Crippen molar-refractivity contribution in [3.05, 3.63) is 0 Å². The molecule has 0 aliphatic carbocycles. The number of ether oxygens (including phenoxy) is 1. The Kier molecular flexibility index (Phi) is 19.9. The van der Waals surface area contributed by atoms with Crippen molar-refractivity contribution >= 4 is 5.97 Å². The molecule has 1 aliphatic heterocycles. The number of carboxylic acid groups (broad SMARTS) is 1. The maximum Gasteiger partial charge on any atom is 0.303 e. The van der Waals surface area contributed by atoms with Gasteiger partial charge >= 0.3 is 5.97 Å². The van der Waals surface area contributed by atoms with Crippen LogP contribution in [-0.4, -0.2) is 37.4 Å². The van der Waals surface area contributed by atoms with Crippen molar-refractivity contribution in [2.75, 3.05) is 26.3 Å². The number of hydrogen-bond acceptors (Lipinski definition) is 3. The van der Waals surface area contributed by atoms with E-state index in [9.17, 15) is 4.79 Å². The van der Waals surface area contributed by atoms with Crippen LogP contribution < -0.4 is 5.32 Å². The molecule has 0 atom stereocenters. The van der Waals surface area contributed by atoms with E-state index in [4.69, 9.17) is 9.84 Å². The van der Waals surface area contributed by atoms with Gasteiger partial charge in [0.25, 0.3) is 0 Å². The van der Waals surface area contributed by atoms with Crippen molar-refractivity contribution in [2.45, 2.75) is 96.8 Å². The van der Waals surface area contributed by atoms with Crippen LogP contribution in [0.25, 0.3) is 0 Å². The van der Waals surface area contributed by atoms with E-state index in [0.717, 1.165) is 39.1 Å². The lowest BCUT2D eigenvalue weighted by Crippen LogP contribution is -2.30. The molecule has 0 aromatic rings. The van der Waals surface area contributed by atoms with E-state index in [1.165, 1.54) is 70.6 Å². The summed E-state index contributed by atoms with van der Waals surface area (Å²) in [5, 5.41) is 11.7. The van der Waals surface area contributed by atoms with Crippen LogP contribution in [0.15, 0.2) is 0 Å². The number of hydrogen-bond donors (Lipinski definition) is 2. The first kappa shape index (κ1) is 23.4. The summed E-state index contributed by atoms with van der Waals surface area (Å²) in [5.41, 5.74) is 0. The number of carboxylic acids is 1. The first-order valence-corrected chi connectivity index (χ1v) is 10.3.